The maximum atomic E-state index is 13.0. The lowest BCUT2D eigenvalue weighted by Crippen LogP contribution is -2.40. The summed E-state index contributed by atoms with van der Waals surface area (Å²) in [5, 5.41) is 0. The highest BCUT2D eigenvalue weighted by molar-refractivity contribution is 6.74. The van der Waals surface area contributed by atoms with Gasteiger partial charge in [0, 0.05) is 12.1 Å². The Morgan fingerprint density at radius 3 is 2.06 bits per heavy atom. The molecule has 1 aromatic rings. The summed E-state index contributed by atoms with van der Waals surface area (Å²) in [5.41, 5.74) is 6.80. The summed E-state index contributed by atoms with van der Waals surface area (Å²) in [6, 6.07) is 0. The van der Waals surface area contributed by atoms with Gasteiger partial charge in [0.15, 0.2) is 0 Å². The molecule has 0 aliphatic carbocycles. The molecular weight excluding hydrogens is 226 g/mol. The molecule has 0 bridgehead atoms. The first-order valence-corrected chi connectivity index (χ1v) is 5.23. The highest BCUT2D eigenvalue weighted by Crippen LogP contribution is 2.27. The summed E-state index contributed by atoms with van der Waals surface area (Å²) in [5.74, 6) is 2.38. The van der Waals surface area contributed by atoms with Crippen LogP contribution in [0.1, 0.15) is 22.3 Å². The van der Waals surface area contributed by atoms with Crippen LogP contribution in [0.4, 0.5) is 18.6 Å². The first-order chi connectivity index (χ1) is 7.71. The summed E-state index contributed by atoms with van der Waals surface area (Å²) in [6.07, 6.45) is 5.35. The maximum absolute atomic E-state index is 13.0. The van der Waals surface area contributed by atoms with Crippen LogP contribution in [-0.2, 0) is 6.42 Å². The average Bonchev–Trinajstić information content (AvgIpc) is 2.19. The van der Waals surface area contributed by atoms with E-state index >= 15 is 0 Å². The lowest BCUT2D eigenvalue weighted by molar-refractivity contribution is 0.500. The first-order valence-electron chi connectivity index (χ1n) is 5.23. The Morgan fingerprint density at radius 1 is 1.12 bits per heavy atom. The molecule has 0 amide bonds. The van der Waals surface area contributed by atoms with Gasteiger partial charge in [0.25, 0.3) is 0 Å². The van der Waals surface area contributed by atoms with Gasteiger partial charge in [-0.15, -0.1) is 17.8 Å². The van der Waals surface area contributed by atoms with Crippen molar-refractivity contribution in [2.75, 3.05) is 5.73 Å². The van der Waals surface area contributed by atoms with E-state index in [-0.39, 0.29) is 23.2 Å². The summed E-state index contributed by atoms with van der Waals surface area (Å²) >= 11 is 0. The van der Waals surface area contributed by atoms with Crippen LogP contribution in [0.2, 0.25) is 0 Å². The second-order valence-electron chi connectivity index (χ2n) is 4.14. The van der Waals surface area contributed by atoms with Crippen molar-refractivity contribution in [3.05, 3.63) is 22.3 Å². The normalized spacial score (nSPS) is 11.4. The fourth-order valence-corrected chi connectivity index (χ4v) is 2.17. The van der Waals surface area contributed by atoms with Gasteiger partial charge >= 0.3 is 6.98 Å². The van der Waals surface area contributed by atoms with E-state index in [0.717, 1.165) is 0 Å². The van der Waals surface area contributed by atoms with Gasteiger partial charge in [-0.1, -0.05) is 11.1 Å². The Labute approximate surface area is 99.3 Å². The van der Waals surface area contributed by atoms with Crippen LogP contribution in [0.3, 0.4) is 0 Å². The summed E-state index contributed by atoms with van der Waals surface area (Å²) in [6.45, 7) is -0.510. The molecule has 0 fully saturated rings. The molecule has 17 heavy (non-hydrogen) atoms. The average molecular weight is 240 g/mol. The van der Waals surface area contributed by atoms with Crippen molar-refractivity contribution >= 4 is 18.1 Å². The van der Waals surface area contributed by atoms with E-state index in [4.69, 9.17) is 12.2 Å². The number of rotatable bonds is 2. The fourth-order valence-electron chi connectivity index (χ4n) is 2.17. The molecule has 0 saturated carbocycles. The van der Waals surface area contributed by atoms with E-state index in [2.05, 4.69) is 5.92 Å². The molecular formula is C12H14BF3N-. The van der Waals surface area contributed by atoms with Gasteiger partial charge in [0.05, 0.1) is 0 Å². The van der Waals surface area contributed by atoms with Crippen molar-refractivity contribution in [2.24, 2.45) is 0 Å². The van der Waals surface area contributed by atoms with E-state index in [0.29, 0.717) is 11.1 Å². The van der Waals surface area contributed by atoms with E-state index in [1.54, 1.807) is 6.92 Å². The monoisotopic (exact) mass is 240 g/mol. The zero-order valence-electron chi connectivity index (χ0n) is 10.1. The SMILES string of the molecule is C#CCc1c(C)c(N)c(C)c([B-](F)(F)F)c1C. The number of nitrogen functional groups attached to an aromatic ring is 1. The Bertz CT molecular complexity index is 498. The maximum Gasteiger partial charge on any atom is 0.510 e. The van der Waals surface area contributed by atoms with Crippen LogP contribution in [-0.4, -0.2) is 6.98 Å². The minimum absolute atomic E-state index is 0.105. The second-order valence-corrected chi connectivity index (χ2v) is 4.14. The van der Waals surface area contributed by atoms with Crippen LogP contribution in [0.5, 0.6) is 0 Å². The molecule has 5 heteroatoms. The van der Waals surface area contributed by atoms with Gasteiger partial charge in [-0.3, -0.25) is 0 Å². The van der Waals surface area contributed by atoms with Gasteiger partial charge in [0.1, 0.15) is 0 Å². The molecule has 0 aliphatic heterocycles. The number of halogens is 3. The zero-order valence-corrected chi connectivity index (χ0v) is 10.1. The predicted molar refractivity (Wildman–Crippen MR) is 66.3 cm³/mol. The summed E-state index contributed by atoms with van der Waals surface area (Å²) in [4.78, 5) is 0. The van der Waals surface area contributed by atoms with E-state index in [1.165, 1.54) is 13.8 Å². The Morgan fingerprint density at radius 2 is 1.65 bits per heavy atom. The van der Waals surface area contributed by atoms with Crippen molar-refractivity contribution in [1.29, 1.82) is 0 Å². The molecule has 1 rings (SSSR count). The number of terminal acetylenes is 1. The molecule has 0 aliphatic rings. The van der Waals surface area contributed by atoms with Crippen LogP contribution in [0.25, 0.3) is 0 Å². The lowest BCUT2D eigenvalue weighted by atomic mass is 9.71. The number of benzene rings is 1. The van der Waals surface area contributed by atoms with E-state index in [9.17, 15) is 12.9 Å². The Hall–Kier alpha value is -1.57. The van der Waals surface area contributed by atoms with Crippen LogP contribution in [0, 0.1) is 33.1 Å². The van der Waals surface area contributed by atoms with Gasteiger partial charge < -0.3 is 18.7 Å². The minimum Gasteiger partial charge on any atom is -0.445 e. The summed E-state index contributed by atoms with van der Waals surface area (Å²) < 4.78 is 39.0. The minimum atomic E-state index is -5.07. The molecule has 92 valence electrons. The van der Waals surface area contributed by atoms with Gasteiger partial charge in [-0.25, -0.2) is 0 Å². The van der Waals surface area contributed by atoms with Crippen molar-refractivity contribution in [1.82, 2.24) is 0 Å². The molecule has 0 aromatic heterocycles. The van der Waals surface area contributed by atoms with Crippen molar-refractivity contribution in [3.8, 4) is 12.3 Å². The smallest absolute Gasteiger partial charge is 0.445 e. The van der Waals surface area contributed by atoms with Crippen LogP contribution < -0.4 is 11.2 Å². The third kappa shape index (κ3) is 2.26. The predicted octanol–water partition coefficient (Wildman–Crippen LogP) is 2.42. The molecule has 0 saturated heterocycles. The lowest BCUT2D eigenvalue weighted by Gasteiger charge is -2.26. The van der Waals surface area contributed by atoms with Crippen LogP contribution >= 0.6 is 0 Å². The number of nitrogens with two attached hydrogens (primary N) is 1. The highest BCUT2D eigenvalue weighted by atomic mass is 19.4. The first kappa shape index (κ1) is 13.5. The Balaban J connectivity index is 3.69. The summed E-state index contributed by atoms with van der Waals surface area (Å²) in [7, 11) is 0. The molecule has 2 N–H and O–H groups in total. The molecule has 1 aromatic carbocycles. The fraction of sp³-hybridized carbons (Fsp3) is 0.333. The van der Waals surface area contributed by atoms with E-state index < -0.39 is 12.4 Å². The topological polar surface area (TPSA) is 26.0 Å². The van der Waals surface area contributed by atoms with Gasteiger partial charge in [-0.2, -0.15) is 0 Å². The second kappa shape index (κ2) is 4.36. The molecule has 0 spiro atoms. The molecule has 0 radical (unpaired) electrons. The highest BCUT2D eigenvalue weighted by Gasteiger charge is 2.31. The number of anilines is 1. The standard InChI is InChI=1S/C12H14BF3N/c1-5-6-10-7(2)11(13(14,15)16)9(4)12(17)8(10)3/h1H,6,17H2,2-4H3/q-1. The third-order valence-corrected chi connectivity index (χ3v) is 3.13. The number of hydrogen-bond acceptors (Lipinski definition) is 1. The molecule has 1 nitrogen and oxygen atoms in total. The largest absolute Gasteiger partial charge is 0.510 e. The molecule has 0 atom stereocenters. The van der Waals surface area contributed by atoms with Gasteiger partial charge in [-0.05, 0) is 31.9 Å². The zero-order chi connectivity index (χ0) is 13.4. The quantitative estimate of drug-likeness (QED) is 0.479. The number of hydrogen-bond donors (Lipinski definition) is 1. The molecule has 0 heterocycles. The van der Waals surface area contributed by atoms with Crippen molar-refractivity contribution in [3.63, 3.8) is 0 Å². The molecule has 0 unspecified atom stereocenters. The van der Waals surface area contributed by atoms with E-state index in [1.807, 2.05) is 0 Å². The Kier molecular flexibility index (Phi) is 3.47. The van der Waals surface area contributed by atoms with Gasteiger partial charge in [0.2, 0.25) is 0 Å². The van der Waals surface area contributed by atoms with Crippen LogP contribution in [0.15, 0.2) is 0 Å². The van der Waals surface area contributed by atoms with Crippen molar-refractivity contribution < 1.29 is 12.9 Å². The third-order valence-electron chi connectivity index (χ3n) is 3.13. The van der Waals surface area contributed by atoms with Crippen molar-refractivity contribution in [2.45, 2.75) is 27.2 Å².